The maximum Gasteiger partial charge on any atom is 0.326 e. The van der Waals surface area contributed by atoms with Crippen molar-refractivity contribution < 1.29 is 0 Å². The van der Waals surface area contributed by atoms with Gasteiger partial charge in [-0.3, -0.25) is 4.57 Å². The first-order chi connectivity index (χ1) is 6.09. The third-order valence-corrected chi connectivity index (χ3v) is 2.74. The van der Waals surface area contributed by atoms with Crippen LogP contribution in [0.1, 0.15) is 5.56 Å². The number of hydrogen-bond acceptors (Lipinski definition) is 1. The van der Waals surface area contributed by atoms with E-state index in [1.165, 1.54) is 0 Å². The zero-order chi connectivity index (χ0) is 9.59. The van der Waals surface area contributed by atoms with Crippen molar-refractivity contribution in [3.63, 3.8) is 0 Å². The molecule has 0 aliphatic heterocycles. The summed E-state index contributed by atoms with van der Waals surface area (Å²) in [5, 5.41) is 0. The van der Waals surface area contributed by atoms with E-state index in [-0.39, 0.29) is 5.69 Å². The predicted octanol–water partition coefficient (Wildman–Crippen LogP) is 1.94. The molecule has 3 nitrogen and oxygen atoms in total. The molecule has 0 aliphatic rings. The maximum atomic E-state index is 11.3. The molecular formula is C9H9BrN2O. The summed E-state index contributed by atoms with van der Waals surface area (Å²) in [6.07, 6.45) is 0. The van der Waals surface area contributed by atoms with E-state index in [1.54, 1.807) is 11.6 Å². The molecule has 0 unspecified atom stereocenters. The van der Waals surface area contributed by atoms with Crippen LogP contribution in [0.15, 0.2) is 21.4 Å². The van der Waals surface area contributed by atoms with Crippen LogP contribution in [0.4, 0.5) is 0 Å². The number of imidazole rings is 1. The summed E-state index contributed by atoms with van der Waals surface area (Å²) in [5.74, 6) is 0. The number of aromatic amines is 1. The van der Waals surface area contributed by atoms with Gasteiger partial charge in [-0.1, -0.05) is 0 Å². The van der Waals surface area contributed by atoms with E-state index in [0.29, 0.717) is 0 Å². The number of aromatic nitrogens is 2. The number of rotatable bonds is 0. The van der Waals surface area contributed by atoms with Crippen molar-refractivity contribution in [2.24, 2.45) is 7.05 Å². The van der Waals surface area contributed by atoms with Crippen LogP contribution in [0.25, 0.3) is 11.0 Å². The Morgan fingerprint density at radius 3 is 2.85 bits per heavy atom. The Kier molecular flexibility index (Phi) is 1.80. The van der Waals surface area contributed by atoms with E-state index < -0.39 is 0 Å². The zero-order valence-electron chi connectivity index (χ0n) is 7.39. The Balaban J connectivity index is 3.03. The Hall–Kier alpha value is -1.03. The Bertz CT molecular complexity index is 524. The van der Waals surface area contributed by atoms with Crippen LogP contribution in [0.3, 0.4) is 0 Å². The summed E-state index contributed by atoms with van der Waals surface area (Å²) in [4.78, 5) is 14.1. The van der Waals surface area contributed by atoms with Crippen LogP contribution in [0, 0.1) is 6.92 Å². The first-order valence-electron chi connectivity index (χ1n) is 3.94. The molecule has 0 radical (unpaired) electrons. The number of nitrogens with one attached hydrogen (secondary N) is 1. The van der Waals surface area contributed by atoms with Crippen molar-refractivity contribution in [1.29, 1.82) is 0 Å². The molecule has 1 N–H and O–H groups in total. The third-order valence-electron chi connectivity index (χ3n) is 2.11. The molecule has 4 heteroatoms. The van der Waals surface area contributed by atoms with Crippen molar-refractivity contribution in [1.82, 2.24) is 9.55 Å². The average molecular weight is 241 g/mol. The summed E-state index contributed by atoms with van der Waals surface area (Å²) in [7, 11) is 1.76. The molecule has 0 amide bonds. The molecule has 0 saturated carbocycles. The van der Waals surface area contributed by atoms with Gasteiger partial charge in [-0.15, -0.1) is 0 Å². The van der Waals surface area contributed by atoms with E-state index in [9.17, 15) is 4.79 Å². The van der Waals surface area contributed by atoms with Gasteiger partial charge in [0.2, 0.25) is 0 Å². The highest BCUT2D eigenvalue weighted by atomic mass is 79.9. The van der Waals surface area contributed by atoms with E-state index in [2.05, 4.69) is 20.9 Å². The fourth-order valence-corrected chi connectivity index (χ4v) is 2.08. The normalized spacial score (nSPS) is 11.0. The molecule has 1 aromatic heterocycles. The highest BCUT2D eigenvalue weighted by molar-refractivity contribution is 9.10. The molecule has 1 aromatic carbocycles. The van der Waals surface area contributed by atoms with Crippen molar-refractivity contribution in [2.75, 3.05) is 0 Å². The van der Waals surface area contributed by atoms with Crippen molar-refractivity contribution >= 4 is 27.0 Å². The quantitative estimate of drug-likeness (QED) is 0.751. The lowest BCUT2D eigenvalue weighted by Crippen LogP contribution is -2.11. The van der Waals surface area contributed by atoms with Gasteiger partial charge in [-0.05, 0) is 40.5 Å². The van der Waals surface area contributed by atoms with Crippen molar-refractivity contribution in [3.8, 4) is 0 Å². The second-order valence-corrected chi connectivity index (χ2v) is 3.98. The summed E-state index contributed by atoms with van der Waals surface area (Å²) in [6, 6.07) is 3.97. The Labute approximate surface area is 83.5 Å². The first-order valence-corrected chi connectivity index (χ1v) is 4.74. The number of aryl methyl sites for hydroxylation is 2. The van der Waals surface area contributed by atoms with E-state index in [1.807, 2.05) is 19.1 Å². The lowest BCUT2D eigenvalue weighted by Gasteiger charge is -1.98. The fraction of sp³-hybridized carbons (Fsp3) is 0.222. The molecule has 68 valence electrons. The molecular weight excluding hydrogens is 232 g/mol. The van der Waals surface area contributed by atoms with E-state index in [4.69, 9.17) is 0 Å². The lowest BCUT2D eigenvalue weighted by atomic mass is 10.2. The van der Waals surface area contributed by atoms with Crippen LogP contribution >= 0.6 is 15.9 Å². The van der Waals surface area contributed by atoms with Crippen LogP contribution in [-0.2, 0) is 7.05 Å². The minimum absolute atomic E-state index is 0.0821. The molecule has 0 atom stereocenters. The standard InChI is InChI=1S/C9H9BrN2O/c1-5-3-6(10)8-7(4-5)12(2)9(13)11-8/h3-4H,1-2H3,(H,11,13). The molecule has 2 aromatic rings. The smallest absolute Gasteiger partial charge is 0.305 e. The molecule has 0 saturated heterocycles. The van der Waals surface area contributed by atoms with Gasteiger partial charge in [0.1, 0.15) is 0 Å². The second kappa shape index (κ2) is 2.73. The van der Waals surface area contributed by atoms with Gasteiger partial charge in [0.25, 0.3) is 0 Å². The third kappa shape index (κ3) is 1.21. The monoisotopic (exact) mass is 240 g/mol. The molecule has 13 heavy (non-hydrogen) atoms. The van der Waals surface area contributed by atoms with Crippen molar-refractivity contribution in [3.05, 3.63) is 32.7 Å². The topological polar surface area (TPSA) is 37.8 Å². The molecule has 0 fully saturated rings. The molecule has 2 rings (SSSR count). The fourth-order valence-electron chi connectivity index (χ4n) is 1.41. The Morgan fingerprint density at radius 1 is 1.46 bits per heavy atom. The SMILES string of the molecule is Cc1cc(Br)c2[nH]c(=O)n(C)c2c1. The molecule has 0 spiro atoms. The van der Waals surface area contributed by atoms with Gasteiger partial charge in [-0.25, -0.2) is 4.79 Å². The van der Waals surface area contributed by atoms with Gasteiger partial charge >= 0.3 is 5.69 Å². The summed E-state index contributed by atoms with van der Waals surface area (Å²) < 4.78 is 2.54. The van der Waals surface area contributed by atoms with E-state index >= 15 is 0 Å². The zero-order valence-corrected chi connectivity index (χ0v) is 8.97. The number of H-pyrrole nitrogens is 1. The average Bonchev–Trinajstić information content (AvgIpc) is 2.32. The maximum absolute atomic E-state index is 11.3. The van der Waals surface area contributed by atoms with Crippen LogP contribution in [0.2, 0.25) is 0 Å². The summed E-state index contributed by atoms with van der Waals surface area (Å²) in [5.41, 5.74) is 2.84. The van der Waals surface area contributed by atoms with Gasteiger partial charge in [0, 0.05) is 11.5 Å². The number of fused-ring (bicyclic) bond motifs is 1. The van der Waals surface area contributed by atoms with Gasteiger partial charge in [-0.2, -0.15) is 0 Å². The van der Waals surface area contributed by atoms with Crippen LogP contribution < -0.4 is 5.69 Å². The number of halogens is 1. The van der Waals surface area contributed by atoms with Crippen LogP contribution in [0.5, 0.6) is 0 Å². The number of hydrogen-bond donors (Lipinski definition) is 1. The molecule has 1 heterocycles. The minimum atomic E-state index is -0.0821. The van der Waals surface area contributed by atoms with Crippen LogP contribution in [-0.4, -0.2) is 9.55 Å². The highest BCUT2D eigenvalue weighted by Gasteiger charge is 2.06. The van der Waals surface area contributed by atoms with E-state index in [0.717, 1.165) is 21.1 Å². The Morgan fingerprint density at radius 2 is 2.15 bits per heavy atom. The van der Waals surface area contributed by atoms with Gasteiger partial charge in [0.15, 0.2) is 0 Å². The summed E-state index contributed by atoms with van der Waals surface area (Å²) >= 11 is 3.41. The molecule has 0 aliphatic carbocycles. The second-order valence-electron chi connectivity index (χ2n) is 3.13. The minimum Gasteiger partial charge on any atom is -0.305 e. The first kappa shape index (κ1) is 8.56. The number of nitrogens with zero attached hydrogens (tertiary/aromatic N) is 1. The molecule has 0 bridgehead atoms. The van der Waals surface area contributed by atoms with Crippen molar-refractivity contribution in [2.45, 2.75) is 6.92 Å². The summed E-state index contributed by atoms with van der Waals surface area (Å²) in [6.45, 7) is 2.00. The predicted molar refractivity (Wildman–Crippen MR) is 56.0 cm³/mol. The largest absolute Gasteiger partial charge is 0.326 e. The highest BCUT2D eigenvalue weighted by Crippen LogP contribution is 2.22. The van der Waals surface area contributed by atoms with Gasteiger partial charge in [0.05, 0.1) is 11.0 Å². The number of benzene rings is 1. The lowest BCUT2D eigenvalue weighted by molar-refractivity contribution is 0.891. The van der Waals surface area contributed by atoms with Gasteiger partial charge < -0.3 is 4.98 Å².